The fourth-order valence-corrected chi connectivity index (χ4v) is 2.43. The van der Waals surface area contributed by atoms with Crippen LogP contribution in [0.15, 0.2) is 18.2 Å². The Kier molecular flexibility index (Phi) is 4.80. The average molecular weight is 264 g/mol. The Morgan fingerprint density at radius 1 is 1.26 bits per heavy atom. The molecule has 4 nitrogen and oxygen atoms in total. The van der Waals surface area contributed by atoms with Crippen LogP contribution in [0.1, 0.15) is 24.2 Å². The molecule has 2 rings (SSSR count). The third kappa shape index (κ3) is 3.69. The molecule has 106 valence electrons. The number of rotatable bonds is 4. The van der Waals surface area contributed by atoms with Gasteiger partial charge >= 0.3 is 0 Å². The lowest BCUT2D eigenvalue weighted by atomic mass is 10.1. The molecule has 0 aromatic heterocycles. The Labute approximate surface area is 115 Å². The molecule has 0 spiro atoms. The van der Waals surface area contributed by atoms with E-state index in [4.69, 9.17) is 4.74 Å². The van der Waals surface area contributed by atoms with Crippen molar-refractivity contribution in [3.8, 4) is 5.75 Å². The molecule has 0 aliphatic carbocycles. The van der Waals surface area contributed by atoms with Crippen LogP contribution in [-0.2, 0) is 6.54 Å². The summed E-state index contributed by atoms with van der Waals surface area (Å²) in [5, 5.41) is 9.69. The van der Waals surface area contributed by atoms with Crippen molar-refractivity contribution in [3.05, 3.63) is 29.3 Å². The number of nitrogens with zero attached hydrogens (tertiary/aromatic N) is 2. The maximum Gasteiger partial charge on any atom is 0.123 e. The summed E-state index contributed by atoms with van der Waals surface area (Å²) in [5.74, 6) is 0.906. The van der Waals surface area contributed by atoms with E-state index in [-0.39, 0.29) is 0 Å². The number of hydrogen-bond acceptors (Lipinski definition) is 4. The summed E-state index contributed by atoms with van der Waals surface area (Å²) >= 11 is 0. The van der Waals surface area contributed by atoms with E-state index in [0.717, 1.165) is 49.6 Å². The van der Waals surface area contributed by atoms with Crippen LogP contribution in [0.4, 0.5) is 0 Å². The Morgan fingerprint density at radius 3 is 2.53 bits per heavy atom. The van der Waals surface area contributed by atoms with E-state index < -0.39 is 6.10 Å². The number of ether oxygens (including phenoxy) is 1. The molecule has 19 heavy (non-hydrogen) atoms. The number of hydrogen-bond donors (Lipinski definition) is 1. The Bertz CT molecular complexity index is 413. The van der Waals surface area contributed by atoms with E-state index in [9.17, 15) is 5.11 Å². The number of aliphatic hydroxyl groups excluding tert-OH is 1. The molecular weight excluding hydrogens is 240 g/mol. The van der Waals surface area contributed by atoms with E-state index >= 15 is 0 Å². The molecule has 1 fully saturated rings. The fourth-order valence-electron chi connectivity index (χ4n) is 2.43. The number of benzene rings is 1. The summed E-state index contributed by atoms with van der Waals surface area (Å²) in [5.41, 5.74) is 2.11. The van der Waals surface area contributed by atoms with Gasteiger partial charge in [0.05, 0.1) is 13.2 Å². The highest BCUT2D eigenvalue weighted by molar-refractivity contribution is 5.38. The summed E-state index contributed by atoms with van der Waals surface area (Å²) in [4.78, 5) is 4.78. The molecule has 1 aliphatic heterocycles. The van der Waals surface area contributed by atoms with Crippen molar-refractivity contribution in [1.82, 2.24) is 9.80 Å². The number of methoxy groups -OCH3 is 1. The first kappa shape index (κ1) is 14.3. The van der Waals surface area contributed by atoms with Gasteiger partial charge in [-0.3, -0.25) is 4.90 Å². The van der Waals surface area contributed by atoms with E-state index in [2.05, 4.69) is 22.9 Å². The predicted molar refractivity (Wildman–Crippen MR) is 76.4 cm³/mol. The largest absolute Gasteiger partial charge is 0.496 e. The second-order valence-corrected chi connectivity index (χ2v) is 5.33. The van der Waals surface area contributed by atoms with Gasteiger partial charge in [0.2, 0.25) is 0 Å². The van der Waals surface area contributed by atoms with Crippen molar-refractivity contribution in [2.75, 3.05) is 40.3 Å². The van der Waals surface area contributed by atoms with Gasteiger partial charge in [-0.05, 0) is 31.7 Å². The molecule has 1 aromatic rings. The molecule has 0 amide bonds. The summed E-state index contributed by atoms with van der Waals surface area (Å²) in [7, 11) is 3.86. The van der Waals surface area contributed by atoms with Crippen LogP contribution < -0.4 is 4.74 Å². The molecule has 1 saturated heterocycles. The maximum atomic E-state index is 9.69. The van der Waals surface area contributed by atoms with Crippen molar-refractivity contribution >= 4 is 0 Å². The topological polar surface area (TPSA) is 35.9 Å². The normalized spacial score (nSPS) is 19.4. The Morgan fingerprint density at radius 2 is 1.95 bits per heavy atom. The highest BCUT2D eigenvalue weighted by Gasteiger charge is 2.16. The molecule has 0 bridgehead atoms. The first-order chi connectivity index (χ1) is 9.10. The van der Waals surface area contributed by atoms with Gasteiger partial charge in [-0.15, -0.1) is 0 Å². The average Bonchev–Trinajstić information content (AvgIpc) is 2.41. The molecule has 4 heteroatoms. The number of aliphatic hydroxyl groups is 1. The van der Waals surface area contributed by atoms with E-state index in [1.54, 1.807) is 14.0 Å². The lowest BCUT2D eigenvalue weighted by Crippen LogP contribution is -2.43. The van der Waals surface area contributed by atoms with Crippen molar-refractivity contribution in [2.45, 2.75) is 19.6 Å². The molecule has 1 atom stereocenters. The van der Waals surface area contributed by atoms with Crippen LogP contribution in [0, 0.1) is 0 Å². The van der Waals surface area contributed by atoms with Gasteiger partial charge in [-0.2, -0.15) is 0 Å². The Balaban J connectivity index is 2.11. The molecule has 1 heterocycles. The highest BCUT2D eigenvalue weighted by Crippen LogP contribution is 2.25. The smallest absolute Gasteiger partial charge is 0.123 e. The summed E-state index contributed by atoms with van der Waals surface area (Å²) < 4.78 is 5.42. The summed E-state index contributed by atoms with van der Waals surface area (Å²) in [6.07, 6.45) is -0.433. The zero-order chi connectivity index (χ0) is 13.8. The Hall–Kier alpha value is -1.10. The van der Waals surface area contributed by atoms with Gasteiger partial charge in [0.15, 0.2) is 0 Å². The summed E-state index contributed by atoms with van der Waals surface area (Å²) in [6.45, 7) is 7.06. The van der Waals surface area contributed by atoms with Crippen LogP contribution in [0.25, 0.3) is 0 Å². The highest BCUT2D eigenvalue weighted by atomic mass is 16.5. The minimum Gasteiger partial charge on any atom is -0.496 e. The lowest BCUT2D eigenvalue weighted by Gasteiger charge is -2.32. The monoisotopic (exact) mass is 264 g/mol. The van der Waals surface area contributed by atoms with E-state index in [1.165, 1.54) is 0 Å². The van der Waals surface area contributed by atoms with E-state index in [1.807, 2.05) is 12.1 Å². The van der Waals surface area contributed by atoms with Gasteiger partial charge in [-0.25, -0.2) is 0 Å². The fraction of sp³-hybridized carbons (Fsp3) is 0.600. The third-order valence-electron chi connectivity index (χ3n) is 3.78. The second kappa shape index (κ2) is 6.37. The van der Waals surface area contributed by atoms with Gasteiger partial charge in [0.1, 0.15) is 5.75 Å². The molecule has 1 unspecified atom stereocenters. The number of likely N-dealkylation sites (N-methyl/N-ethyl adjacent to an activating group) is 1. The lowest BCUT2D eigenvalue weighted by molar-refractivity contribution is 0.147. The zero-order valence-corrected chi connectivity index (χ0v) is 12.1. The van der Waals surface area contributed by atoms with Crippen LogP contribution in [-0.4, -0.2) is 55.2 Å². The van der Waals surface area contributed by atoms with Crippen molar-refractivity contribution in [1.29, 1.82) is 0 Å². The van der Waals surface area contributed by atoms with Crippen LogP contribution in [0.5, 0.6) is 5.75 Å². The van der Waals surface area contributed by atoms with Crippen LogP contribution in [0.3, 0.4) is 0 Å². The molecule has 0 radical (unpaired) electrons. The van der Waals surface area contributed by atoms with Crippen molar-refractivity contribution < 1.29 is 9.84 Å². The van der Waals surface area contributed by atoms with Gasteiger partial charge < -0.3 is 14.7 Å². The minimum absolute atomic E-state index is 0.433. The SMILES string of the molecule is COc1ccc(C(C)O)cc1CN1CCN(C)CC1. The third-order valence-corrected chi connectivity index (χ3v) is 3.78. The second-order valence-electron chi connectivity index (χ2n) is 5.33. The molecule has 1 aromatic carbocycles. The van der Waals surface area contributed by atoms with Crippen LogP contribution in [0.2, 0.25) is 0 Å². The molecule has 1 N–H and O–H groups in total. The molecule has 0 saturated carbocycles. The summed E-state index contributed by atoms with van der Waals surface area (Å²) in [6, 6.07) is 5.94. The van der Waals surface area contributed by atoms with Crippen molar-refractivity contribution in [3.63, 3.8) is 0 Å². The quantitative estimate of drug-likeness (QED) is 0.894. The van der Waals surface area contributed by atoms with Gasteiger partial charge in [-0.1, -0.05) is 6.07 Å². The molecule has 1 aliphatic rings. The van der Waals surface area contributed by atoms with Crippen molar-refractivity contribution in [2.24, 2.45) is 0 Å². The first-order valence-electron chi connectivity index (χ1n) is 6.86. The minimum atomic E-state index is -0.433. The van der Waals surface area contributed by atoms with Gasteiger partial charge in [0.25, 0.3) is 0 Å². The van der Waals surface area contributed by atoms with Crippen LogP contribution >= 0.6 is 0 Å². The number of piperazine rings is 1. The predicted octanol–water partition coefficient (Wildman–Crippen LogP) is 1.50. The maximum absolute atomic E-state index is 9.69. The molecular formula is C15H24N2O2. The van der Waals surface area contributed by atoms with E-state index in [0.29, 0.717) is 0 Å². The zero-order valence-electron chi connectivity index (χ0n) is 12.1. The van der Waals surface area contributed by atoms with Gasteiger partial charge in [0, 0.05) is 38.3 Å². The standard InChI is InChI=1S/C15H24N2O2/c1-12(18)13-4-5-15(19-3)14(10-13)11-17-8-6-16(2)7-9-17/h4-5,10,12,18H,6-9,11H2,1-3H3. The first-order valence-corrected chi connectivity index (χ1v) is 6.86.